The van der Waals surface area contributed by atoms with Gasteiger partial charge in [-0.2, -0.15) is 0 Å². The van der Waals surface area contributed by atoms with Gasteiger partial charge in [0.15, 0.2) is 0 Å². The Balaban J connectivity index is 1.92. The molecule has 42 heavy (non-hydrogen) atoms. The summed E-state index contributed by atoms with van der Waals surface area (Å²) in [6.07, 6.45) is 3.87. The summed E-state index contributed by atoms with van der Waals surface area (Å²) < 4.78 is 0. The van der Waals surface area contributed by atoms with Crippen LogP contribution in [0, 0.1) is 0 Å². The Bertz CT molecular complexity index is 1540. The van der Waals surface area contributed by atoms with Crippen LogP contribution < -0.4 is 31.8 Å². The van der Waals surface area contributed by atoms with E-state index in [-0.39, 0.29) is 0 Å². The van der Waals surface area contributed by atoms with Crippen LogP contribution in [0.1, 0.15) is 11.1 Å². The third-order valence-corrected chi connectivity index (χ3v) is 25.4. The van der Waals surface area contributed by atoms with E-state index in [1.807, 2.05) is 12.2 Å². The molecule has 0 aromatic heterocycles. The first-order valence-corrected chi connectivity index (χ1v) is 19.4. The number of benzene rings is 6. The number of rotatable bonds is 9. The van der Waals surface area contributed by atoms with Crippen molar-refractivity contribution in [1.29, 1.82) is 0 Å². The fourth-order valence-corrected chi connectivity index (χ4v) is 26.3. The van der Waals surface area contributed by atoms with Crippen LogP contribution in [0.15, 0.2) is 183 Å². The Morgan fingerprint density at radius 1 is 0.286 bits per heavy atom. The average molecular weight is 579 g/mol. The molecule has 0 aliphatic carbocycles. The molecule has 0 atom stereocenters. The minimum atomic E-state index is -2.91. The monoisotopic (exact) mass is 578 g/mol. The van der Waals surface area contributed by atoms with Crippen LogP contribution in [0.25, 0.3) is 12.2 Å². The summed E-state index contributed by atoms with van der Waals surface area (Å²) >= 11 is 0. The Hall–Kier alpha value is -4.34. The Labute approximate surface area is 251 Å². The van der Waals surface area contributed by atoms with Crippen LogP contribution in [0.3, 0.4) is 0 Å². The first-order chi connectivity index (χ1) is 20.7. The van der Waals surface area contributed by atoms with Crippen LogP contribution in [0.4, 0.5) is 0 Å². The molecule has 2 heteroatoms. The van der Waals surface area contributed by atoms with Crippen molar-refractivity contribution in [3.8, 4) is 0 Å². The molecule has 206 valence electrons. The molecule has 6 rings (SSSR count). The zero-order valence-corrected chi connectivity index (χ0v) is 25.7. The van der Waals surface area contributed by atoms with E-state index in [0.717, 1.165) is 11.1 Å². The van der Waals surface area contributed by atoms with Crippen molar-refractivity contribution in [3.63, 3.8) is 0 Å². The summed E-state index contributed by atoms with van der Waals surface area (Å²) in [4.78, 5) is 0. The SMILES string of the molecule is C=Cc1ccc([PH](c2ccccc2)(c2ccccc2)[PH](c2ccccc2)(c2ccccc2)c2ccc(C=C)cc2)cc1. The molecule has 0 aliphatic rings. The second kappa shape index (κ2) is 12.3. The maximum absolute atomic E-state index is 4.06. The molecule has 6 aromatic carbocycles. The van der Waals surface area contributed by atoms with Gasteiger partial charge in [0.05, 0.1) is 0 Å². The summed E-state index contributed by atoms with van der Waals surface area (Å²) in [6, 6.07) is 63.8. The summed E-state index contributed by atoms with van der Waals surface area (Å²) in [7, 11) is 0. The summed E-state index contributed by atoms with van der Waals surface area (Å²) in [6.45, 7) is 2.30. The number of hydrogen-bond donors (Lipinski definition) is 0. The molecule has 0 radical (unpaired) electrons. The summed E-state index contributed by atoms with van der Waals surface area (Å²) in [5.74, 6) is 0. The first-order valence-electron chi connectivity index (χ1n) is 14.4. The second-order valence-corrected chi connectivity index (χ2v) is 21.6. The standard InChI is InChI=1S/C40H36P2/c1-3-33-25-29-39(30-26-33)41(35-17-9-5-10-18-35,36-19-11-6-12-20-36)42(37-21-13-7-14-22-37,38-23-15-8-16-24-38)40-31-27-34(4-2)28-32-40/h3-32,41-42H,1-2H2. The van der Waals surface area contributed by atoms with E-state index in [4.69, 9.17) is 0 Å². The third-order valence-electron chi connectivity index (χ3n) is 8.55. The predicted molar refractivity (Wildman–Crippen MR) is 193 cm³/mol. The molecule has 0 nitrogen and oxygen atoms in total. The van der Waals surface area contributed by atoms with E-state index < -0.39 is 13.9 Å². The molecule has 0 fully saturated rings. The van der Waals surface area contributed by atoms with E-state index in [1.165, 1.54) is 31.8 Å². The number of hydrogen-bond acceptors (Lipinski definition) is 0. The van der Waals surface area contributed by atoms with Gasteiger partial charge in [-0.05, 0) is 0 Å². The zero-order valence-electron chi connectivity index (χ0n) is 23.7. The van der Waals surface area contributed by atoms with Crippen molar-refractivity contribution in [2.24, 2.45) is 0 Å². The van der Waals surface area contributed by atoms with Gasteiger partial charge >= 0.3 is 252 Å². The fraction of sp³-hybridized carbons (Fsp3) is 0. The Morgan fingerprint density at radius 3 is 0.714 bits per heavy atom. The third kappa shape index (κ3) is 4.59. The van der Waals surface area contributed by atoms with Gasteiger partial charge in [0.2, 0.25) is 0 Å². The Morgan fingerprint density at radius 2 is 0.500 bits per heavy atom. The summed E-state index contributed by atoms with van der Waals surface area (Å²) in [5, 5.41) is 8.45. The zero-order chi connectivity index (χ0) is 28.8. The molecule has 0 saturated heterocycles. The maximum atomic E-state index is 4.06. The van der Waals surface area contributed by atoms with E-state index in [9.17, 15) is 0 Å². The van der Waals surface area contributed by atoms with Gasteiger partial charge in [-0.25, -0.2) is 0 Å². The van der Waals surface area contributed by atoms with Crippen LogP contribution in [0.5, 0.6) is 0 Å². The molecule has 6 aromatic rings. The molecule has 0 bridgehead atoms. The summed E-state index contributed by atoms with van der Waals surface area (Å²) in [5.41, 5.74) is 2.26. The van der Waals surface area contributed by atoms with Crippen molar-refractivity contribution in [2.75, 3.05) is 0 Å². The topological polar surface area (TPSA) is 0 Å². The molecule has 0 saturated carbocycles. The van der Waals surface area contributed by atoms with Gasteiger partial charge < -0.3 is 0 Å². The van der Waals surface area contributed by atoms with Gasteiger partial charge in [-0.15, -0.1) is 0 Å². The average Bonchev–Trinajstić information content (AvgIpc) is 3.09. The molecule has 0 heterocycles. The first kappa shape index (κ1) is 27.8. The van der Waals surface area contributed by atoms with Gasteiger partial charge in [0.25, 0.3) is 0 Å². The van der Waals surface area contributed by atoms with Crippen LogP contribution >= 0.6 is 13.9 Å². The van der Waals surface area contributed by atoms with Crippen LogP contribution in [0.2, 0.25) is 0 Å². The van der Waals surface area contributed by atoms with E-state index in [1.54, 1.807) is 0 Å². The van der Waals surface area contributed by atoms with Crippen molar-refractivity contribution >= 4 is 57.9 Å². The molecular formula is C40H36P2. The van der Waals surface area contributed by atoms with Crippen molar-refractivity contribution in [1.82, 2.24) is 0 Å². The van der Waals surface area contributed by atoms with Crippen LogP contribution in [-0.4, -0.2) is 0 Å². The quantitative estimate of drug-likeness (QED) is 0.155. The van der Waals surface area contributed by atoms with Gasteiger partial charge in [0.1, 0.15) is 0 Å². The molecule has 0 spiro atoms. The van der Waals surface area contributed by atoms with E-state index in [0.29, 0.717) is 0 Å². The van der Waals surface area contributed by atoms with E-state index in [2.05, 4.69) is 183 Å². The normalized spacial score (nSPS) is 12.3. The second-order valence-electron chi connectivity index (χ2n) is 10.6. The molecular weight excluding hydrogens is 542 g/mol. The van der Waals surface area contributed by atoms with Gasteiger partial charge in [-0.3, -0.25) is 0 Å². The predicted octanol–water partition coefficient (Wildman–Crippen LogP) is 7.64. The van der Waals surface area contributed by atoms with Crippen molar-refractivity contribution in [2.45, 2.75) is 0 Å². The molecule has 0 amide bonds. The van der Waals surface area contributed by atoms with Crippen LogP contribution in [-0.2, 0) is 0 Å². The van der Waals surface area contributed by atoms with Crippen molar-refractivity contribution in [3.05, 3.63) is 194 Å². The molecule has 0 aliphatic heterocycles. The Kier molecular flexibility index (Phi) is 8.12. The van der Waals surface area contributed by atoms with E-state index >= 15 is 0 Å². The molecule has 0 N–H and O–H groups in total. The van der Waals surface area contributed by atoms with Gasteiger partial charge in [0, 0.05) is 0 Å². The fourth-order valence-electron chi connectivity index (χ4n) is 6.79. The molecule has 0 unspecified atom stereocenters. The van der Waals surface area contributed by atoms with Crippen molar-refractivity contribution < 1.29 is 0 Å². The van der Waals surface area contributed by atoms with Gasteiger partial charge in [-0.1, -0.05) is 0 Å². The minimum absolute atomic E-state index is 1.13.